The highest BCUT2D eigenvalue weighted by atomic mass is 16.6. The molecule has 0 unspecified atom stereocenters. The van der Waals surface area contributed by atoms with Crippen molar-refractivity contribution >= 4 is 12.1 Å². The zero-order valence-electron chi connectivity index (χ0n) is 13.7. The van der Waals surface area contributed by atoms with E-state index in [1.807, 2.05) is 20.8 Å². The zero-order chi connectivity index (χ0) is 17.0. The van der Waals surface area contributed by atoms with E-state index < -0.39 is 11.6 Å². The molecule has 0 radical (unpaired) electrons. The fraction of sp³-hybridized carbons (Fsp3) is 0.529. The number of nitrogens with zero attached hydrogens (tertiary/aromatic N) is 1. The van der Waals surface area contributed by atoms with Crippen molar-refractivity contribution in [2.45, 2.75) is 45.3 Å². The molecule has 0 aliphatic carbocycles. The molecular weight excluding hydrogens is 298 g/mol. The molecule has 2 rings (SSSR count). The lowest BCUT2D eigenvalue weighted by molar-refractivity contribution is -0.136. The quantitative estimate of drug-likeness (QED) is 0.922. The molecule has 6 nitrogen and oxygen atoms in total. The number of ether oxygens (including phenoxy) is 2. The number of benzene rings is 1. The first-order valence-electron chi connectivity index (χ1n) is 7.68. The largest absolute Gasteiger partial charge is 0.489 e. The highest BCUT2D eigenvalue weighted by Gasteiger charge is 2.30. The Morgan fingerprint density at radius 3 is 2.48 bits per heavy atom. The Morgan fingerprint density at radius 2 is 1.91 bits per heavy atom. The predicted octanol–water partition coefficient (Wildman–Crippen LogP) is 2.70. The number of carbonyl (C=O) groups is 2. The van der Waals surface area contributed by atoms with Gasteiger partial charge < -0.3 is 19.5 Å². The predicted molar refractivity (Wildman–Crippen MR) is 84.6 cm³/mol. The second-order valence-electron chi connectivity index (χ2n) is 6.67. The van der Waals surface area contributed by atoms with Gasteiger partial charge in [-0.15, -0.1) is 0 Å². The van der Waals surface area contributed by atoms with Crippen LogP contribution >= 0.6 is 0 Å². The molecule has 0 aromatic heterocycles. The van der Waals surface area contributed by atoms with Crippen molar-refractivity contribution in [1.82, 2.24) is 4.90 Å². The summed E-state index contributed by atoms with van der Waals surface area (Å²) in [6.07, 6.45) is 0.347. The SMILES string of the molecule is CC(C)(C)OC(=O)N1CC[C@H](Oc2ccc(CC(=O)O)cc2)C1. The molecule has 1 saturated heterocycles. The Bertz CT molecular complexity index is 561. The minimum absolute atomic E-state index is 0.00384. The maximum atomic E-state index is 12.0. The van der Waals surface area contributed by atoms with Gasteiger partial charge in [-0.25, -0.2) is 4.79 Å². The van der Waals surface area contributed by atoms with Crippen molar-refractivity contribution in [2.75, 3.05) is 13.1 Å². The molecule has 126 valence electrons. The summed E-state index contributed by atoms with van der Waals surface area (Å²) in [6.45, 7) is 6.62. The minimum atomic E-state index is -0.859. The first kappa shape index (κ1) is 17.1. The van der Waals surface area contributed by atoms with Gasteiger partial charge in [0.05, 0.1) is 13.0 Å². The number of hydrogen-bond acceptors (Lipinski definition) is 4. The van der Waals surface area contributed by atoms with Crippen molar-refractivity contribution in [3.8, 4) is 5.75 Å². The number of carbonyl (C=O) groups excluding carboxylic acids is 1. The average Bonchev–Trinajstić information content (AvgIpc) is 2.87. The van der Waals surface area contributed by atoms with Crippen LogP contribution in [0.25, 0.3) is 0 Å². The van der Waals surface area contributed by atoms with Crippen LogP contribution in [-0.2, 0) is 16.0 Å². The third-order valence-corrected chi connectivity index (χ3v) is 3.38. The van der Waals surface area contributed by atoms with Crippen LogP contribution < -0.4 is 4.74 Å². The molecule has 1 aliphatic heterocycles. The molecule has 1 heterocycles. The summed E-state index contributed by atoms with van der Waals surface area (Å²) in [7, 11) is 0. The summed E-state index contributed by atoms with van der Waals surface area (Å²) in [4.78, 5) is 24.3. The van der Waals surface area contributed by atoms with Crippen LogP contribution in [0.4, 0.5) is 4.79 Å². The fourth-order valence-corrected chi connectivity index (χ4v) is 2.37. The van der Waals surface area contributed by atoms with E-state index in [1.54, 1.807) is 29.2 Å². The molecule has 0 bridgehead atoms. The van der Waals surface area contributed by atoms with Crippen molar-refractivity contribution < 1.29 is 24.2 Å². The van der Waals surface area contributed by atoms with Gasteiger partial charge in [-0.2, -0.15) is 0 Å². The first-order valence-corrected chi connectivity index (χ1v) is 7.68. The Balaban J connectivity index is 1.85. The molecule has 6 heteroatoms. The smallest absolute Gasteiger partial charge is 0.410 e. The number of rotatable bonds is 4. The molecule has 23 heavy (non-hydrogen) atoms. The maximum absolute atomic E-state index is 12.0. The molecular formula is C17H23NO5. The van der Waals surface area contributed by atoms with Gasteiger partial charge in [0.15, 0.2) is 0 Å². The summed E-state index contributed by atoms with van der Waals surface area (Å²) in [5.74, 6) is -0.183. The monoisotopic (exact) mass is 321 g/mol. The molecule has 0 saturated carbocycles. The number of likely N-dealkylation sites (tertiary alicyclic amines) is 1. The van der Waals surface area contributed by atoms with Crippen LogP contribution in [0, 0.1) is 0 Å². The maximum Gasteiger partial charge on any atom is 0.410 e. The van der Waals surface area contributed by atoms with Gasteiger partial charge in [0.25, 0.3) is 0 Å². The second-order valence-corrected chi connectivity index (χ2v) is 6.67. The lowest BCUT2D eigenvalue weighted by atomic mass is 10.1. The summed E-state index contributed by atoms with van der Waals surface area (Å²) in [5, 5.41) is 8.75. The molecule has 1 N–H and O–H groups in total. The van der Waals surface area contributed by atoms with Crippen LogP contribution in [0.2, 0.25) is 0 Å². The van der Waals surface area contributed by atoms with Gasteiger partial charge in [0.2, 0.25) is 0 Å². The normalized spacial score (nSPS) is 17.9. The van der Waals surface area contributed by atoms with Crippen molar-refractivity contribution in [2.24, 2.45) is 0 Å². The third kappa shape index (κ3) is 5.47. The van der Waals surface area contributed by atoms with Gasteiger partial charge in [-0.3, -0.25) is 4.79 Å². The van der Waals surface area contributed by atoms with Crippen molar-refractivity contribution in [1.29, 1.82) is 0 Å². The lowest BCUT2D eigenvalue weighted by Gasteiger charge is -2.24. The molecule has 1 aromatic rings. The summed E-state index contributed by atoms with van der Waals surface area (Å²) >= 11 is 0. The Kier molecular flexibility index (Phi) is 5.13. The van der Waals surface area contributed by atoms with Gasteiger partial charge in [-0.1, -0.05) is 12.1 Å². The Hall–Kier alpha value is -2.24. The van der Waals surface area contributed by atoms with Gasteiger partial charge >= 0.3 is 12.1 Å². The second kappa shape index (κ2) is 6.89. The number of carboxylic acid groups (broad SMARTS) is 1. The highest BCUT2D eigenvalue weighted by molar-refractivity contribution is 5.70. The van der Waals surface area contributed by atoms with E-state index in [4.69, 9.17) is 14.6 Å². The van der Waals surface area contributed by atoms with E-state index in [0.29, 0.717) is 18.8 Å². The third-order valence-electron chi connectivity index (χ3n) is 3.38. The van der Waals surface area contributed by atoms with E-state index in [-0.39, 0.29) is 18.6 Å². The highest BCUT2D eigenvalue weighted by Crippen LogP contribution is 2.21. The first-order chi connectivity index (χ1) is 10.7. The van der Waals surface area contributed by atoms with Gasteiger partial charge in [0, 0.05) is 13.0 Å². The van der Waals surface area contributed by atoms with Crippen molar-refractivity contribution in [3.05, 3.63) is 29.8 Å². The van der Waals surface area contributed by atoms with Gasteiger partial charge in [0.1, 0.15) is 17.5 Å². The molecule has 1 atom stereocenters. The fourth-order valence-electron chi connectivity index (χ4n) is 2.37. The summed E-state index contributed by atoms with van der Waals surface area (Å²) < 4.78 is 11.2. The number of amides is 1. The topological polar surface area (TPSA) is 76.1 Å². The molecule has 1 fully saturated rings. The summed E-state index contributed by atoms with van der Waals surface area (Å²) in [6, 6.07) is 7.00. The van der Waals surface area contributed by atoms with Crippen LogP contribution in [-0.4, -0.2) is 46.9 Å². The van der Waals surface area contributed by atoms with Gasteiger partial charge in [-0.05, 0) is 38.5 Å². The van der Waals surface area contributed by atoms with E-state index >= 15 is 0 Å². The average molecular weight is 321 g/mol. The van der Waals surface area contributed by atoms with Crippen LogP contribution in [0.3, 0.4) is 0 Å². The number of hydrogen-bond donors (Lipinski definition) is 1. The van der Waals surface area contributed by atoms with Crippen molar-refractivity contribution in [3.63, 3.8) is 0 Å². The van der Waals surface area contributed by atoms with Crippen LogP contribution in [0.5, 0.6) is 5.75 Å². The molecule has 1 amide bonds. The number of aliphatic carboxylic acids is 1. The van der Waals surface area contributed by atoms with Crippen LogP contribution in [0.15, 0.2) is 24.3 Å². The Morgan fingerprint density at radius 1 is 1.26 bits per heavy atom. The van der Waals surface area contributed by atoms with E-state index in [0.717, 1.165) is 12.0 Å². The van der Waals surface area contributed by atoms with E-state index in [2.05, 4.69) is 0 Å². The van der Waals surface area contributed by atoms with Crippen LogP contribution in [0.1, 0.15) is 32.8 Å². The molecule has 1 aliphatic rings. The zero-order valence-corrected chi connectivity index (χ0v) is 13.7. The molecule has 0 spiro atoms. The van der Waals surface area contributed by atoms with E-state index in [9.17, 15) is 9.59 Å². The Labute approximate surface area is 136 Å². The van der Waals surface area contributed by atoms with E-state index in [1.165, 1.54) is 0 Å². The number of carboxylic acids is 1. The summed E-state index contributed by atoms with van der Waals surface area (Å²) in [5.41, 5.74) is 0.224. The standard InChI is InChI=1S/C17H23NO5/c1-17(2,3)23-16(21)18-9-8-14(11-18)22-13-6-4-12(5-7-13)10-15(19)20/h4-7,14H,8-11H2,1-3H3,(H,19,20)/t14-/m0/s1. The molecule has 1 aromatic carbocycles. The lowest BCUT2D eigenvalue weighted by Crippen LogP contribution is -2.36. The minimum Gasteiger partial charge on any atom is -0.489 e.